The van der Waals surface area contributed by atoms with Gasteiger partial charge in [0.05, 0.1) is 0 Å². The van der Waals surface area contributed by atoms with Gasteiger partial charge in [-0.1, -0.05) is 0 Å². The van der Waals surface area contributed by atoms with Crippen LogP contribution in [0, 0.1) is 0 Å². The number of halogens is 4. The van der Waals surface area contributed by atoms with E-state index < -0.39 is 11.6 Å². The second-order valence-corrected chi connectivity index (χ2v) is 45.7. The molecule has 0 aliphatic carbocycles. The molecule has 5 heteroatoms. The zero-order valence-corrected chi connectivity index (χ0v) is 12.5. The summed E-state index contributed by atoms with van der Waals surface area (Å²) in [5, 5.41) is 0. The Morgan fingerprint density at radius 3 is 1.75 bits per heavy atom. The minimum atomic E-state index is -1.89. The Bertz CT molecular complexity index is 93.9. The van der Waals surface area contributed by atoms with Crippen molar-refractivity contribution in [2.24, 2.45) is 0 Å². The van der Waals surface area contributed by atoms with Crippen LogP contribution in [0.4, 0.5) is 0 Å². The van der Waals surface area contributed by atoms with Crippen molar-refractivity contribution in [1.82, 2.24) is 0 Å². The molecular formula is C3H4Br4Te. The second-order valence-electron chi connectivity index (χ2n) is 1.16. The van der Waals surface area contributed by atoms with Crippen LogP contribution in [-0.4, -0.2) is 11.6 Å². The Labute approximate surface area is 79.8 Å². The fraction of sp³-hybridized carbons (Fsp3) is 0.333. The molecule has 0 aromatic carbocycles. The molecule has 0 N–H and O–H groups in total. The summed E-state index contributed by atoms with van der Waals surface area (Å²) >= 11 is 11.9. The molecule has 8 heavy (non-hydrogen) atoms. The second kappa shape index (κ2) is 4.35. The molecule has 0 saturated heterocycles. The molecule has 0 aromatic heterocycles. The molecular weight excluding hydrogens is 483 g/mol. The third-order valence-corrected chi connectivity index (χ3v) is 8.29. The van der Waals surface area contributed by atoms with Gasteiger partial charge in [-0.2, -0.15) is 0 Å². The fourth-order valence-corrected chi connectivity index (χ4v) is 15.2. The summed E-state index contributed by atoms with van der Waals surface area (Å²) in [6, 6.07) is 0. The van der Waals surface area contributed by atoms with Crippen molar-refractivity contribution in [3.05, 3.63) is 11.1 Å². The van der Waals surface area contributed by atoms with Gasteiger partial charge < -0.3 is 0 Å². The van der Waals surface area contributed by atoms with Crippen molar-refractivity contribution >= 4 is 65.8 Å². The average Bonchev–Trinajstić information content (AvgIpc) is 1.21. The van der Waals surface area contributed by atoms with E-state index in [0.717, 1.165) is 8.95 Å². The van der Waals surface area contributed by atoms with Gasteiger partial charge in [0.25, 0.3) is 0 Å². The van der Waals surface area contributed by atoms with Gasteiger partial charge in [0.15, 0.2) is 0 Å². The van der Waals surface area contributed by atoms with E-state index in [1.54, 1.807) is 0 Å². The zero-order valence-electron chi connectivity index (χ0n) is 3.83. The van der Waals surface area contributed by atoms with Gasteiger partial charge >= 0.3 is 81.3 Å². The number of allylic oxidation sites excluding steroid dienone is 1. The summed E-state index contributed by atoms with van der Waals surface area (Å²) < 4.78 is 2.02. The first kappa shape index (κ1) is 10.4. The zero-order chi connectivity index (χ0) is 6.78. The van der Waals surface area contributed by atoms with Crippen LogP contribution in [0.3, 0.4) is 0 Å². The molecule has 0 unspecified atom stereocenters. The van der Waals surface area contributed by atoms with E-state index in [9.17, 15) is 0 Å². The van der Waals surface area contributed by atoms with E-state index in [4.69, 9.17) is 0 Å². The normalized spacial score (nSPS) is 13.5. The van der Waals surface area contributed by atoms with Crippen LogP contribution in [0.5, 0.6) is 0 Å². The Morgan fingerprint density at radius 1 is 1.38 bits per heavy atom. The van der Waals surface area contributed by atoms with Gasteiger partial charge in [0.2, 0.25) is 0 Å². The van der Waals surface area contributed by atoms with Crippen molar-refractivity contribution in [2.45, 2.75) is 4.47 Å². The van der Waals surface area contributed by atoms with Crippen molar-refractivity contribution in [1.29, 1.82) is 0 Å². The summed E-state index contributed by atoms with van der Waals surface area (Å²) in [4.78, 5) is 0. The Morgan fingerprint density at radius 2 is 1.75 bits per heavy atom. The molecule has 0 aliphatic rings. The van der Waals surface area contributed by atoms with Crippen molar-refractivity contribution in [3.8, 4) is 0 Å². The van der Waals surface area contributed by atoms with Crippen molar-refractivity contribution < 1.29 is 0 Å². The SMILES string of the molecule is C=C(Br)C[Te](Br)(Br)Br. The molecule has 0 fully saturated rings. The third kappa shape index (κ3) is 8.45. The average molecular weight is 487 g/mol. The number of hydrogen-bond donors (Lipinski definition) is 0. The third-order valence-electron chi connectivity index (χ3n) is 0.320. The van der Waals surface area contributed by atoms with E-state index in [1.807, 2.05) is 0 Å². The van der Waals surface area contributed by atoms with Gasteiger partial charge in [-0.25, -0.2) is 0 Å². The van der Waals surface area contributed by atoms with Crippen LogP contribution in [0.2, 0.25) is 4.47 Å². The number of hydrogen-bond acceptors (Lipinski definition) is 0. The molecule has 0 amide bonds. The molecule has 50 valence electrons. The van der Waals surface area contributed by atoms with E-state index >= 15 is 0 Å². The van der Waals surface area contributed by atoms with Crippen LogP contribution < -0.4 is 0 Å². The maximum absolute atomic E-state index is 3.71. The van der Waals surface area contributed by atoms with Crippen LogP contribution in [0.25, 0.3) is 0 Å². The van der Waals surface area contributed by atoms with Crippen molar-refractivity contribution in [3.63, 3.8) is 0 Å². The van der Waals surface area contributed by atoms with Crippen LogP contribution >= 0.6 is 54.2 Å². The molecule has 0 aliphatic heterocycles. The predicted octanol–water partition coefficient (Wildman–Crippen LogP) is 4.02. The summed E-state index contributed by atoms with van der Waals surface area (Å²) in [5.74, 6) is 0. The van der Waals surface area contributed by atoms with E-state index in [-0.39, 0.29) is 0 Å². The summed E-state index contributed by atoms with van der Waals surface area (Å²) in [6.07, 6.45) is 0. The van der Waals surface area contributed by atoms with Gasteiger partial charge in [0.1, 0.15) is 0 Å². The van der Waals surface area contributed by atoms with Crippen LogP contribution in [0.15, 0.2) is 11.1 Å². The molecule has 0 atom stereocenters. The molecule has 0 saturated carbocycles. The Balaban J connectivity index is 3.55. The van der Waals surface area contributed by atoms with Crippen molar-refractivity contribution in [2.75, 3.05) is 0 Å². The minimum absolute atomic E-state index is 0.989. The first-order chi connectivity index (χ1) is 3.42. The molecule has 0 heterocycles. The molecule has 0 aromatic rings. The van der Waals surface area contributed by atoms with Gasteiger partial charge in [-0.05, 0) is 0 Å². The summed E-state index contributed by atoms with van der Waals surface area (Å²) in [5.41, 5.74) is 0. The van der Waals surface area contributed by atoms with Gasteiger partial charge in [-0.15, -0.1) is 0 Å². The monoisotopic (exact) mass is 486 g/mol. The molecule has 0 spiro atoms. The number of rotatable bonds is 2. The maximum atomic E-state index is 3.71. The predicted molar refractivity (Wildman–Crippen MR) is 55.4 cm³/mol. The summed E-state index contributed by atoms with van der Waals surface area (Å²) in [6.45, 7) is 3.71. The Kier molecular flexibility index (Phi) is 5.69. The quantitative estimate of drug-likeness (QED) is 0.517. The first-order valence-electron chi connectivity index (χ1n) is 1.65. The van der Waals surface area contributed by atoms with E-state index in [0.29, 0.717) is 0 Å². The topological polar surface area (TPSA) is 0 Å². The van der Waals surface area contributed by atoms with E-state index in [1.165, 1.54) is 0 Å². The molecule has 0 rings (SSSR count). The Hall–Kier alpha value is 2.45. The van der Waals surface area contributed by atoms with Crippen LogP contribution in [-0.2, 0) is 0 Å². The summed E-state index contributed by atoms with van der Waals surface area (Å²) in [7, 11) is 0. The first-order valence-corrected chi connectivity index (χ1v) is 19.8. The molecule has 0 bridgehead atoms. The van der Waals surface area contributed by atoms with Gasteiger partial charge in [0, 0.05) is 0 Å². The van der Waals surface area contributed by atoms with Crippen LogP contribution in [0.1, 0.15) is 0 Å². The van der Waals surface area contributed by atoms with Gasteiger partial charge in [-0.3, -0.25) is 0 Å². The molecule has 0 nitrogen and oxygen atoms in total. The van der Waals surface area contributed by atoms with E-state index in [2.05, 4.69) is 60.8 Å². The molecule has 0 radical (unpaired) electrons. The fourth-order valence-electron chi connectivity index (χ4n) is 0.178. The standard InChI is InChI=1S/C3H4Br4Te/c1-3(4)2-8(5,6)7/h1-2H2.